The fourth-order valence-corrected chi connectivity index (χ4v) is 3.82. The van der Waals surface area contributed by atoms with Crippen molar-refractivity contribution in [3.05, 3.63) is 77.6 Å². The third-order valence-corrected chi connectivity index (χ3v) is 5.58. The second-order valence-corrected chi connectivity index (χ2v) is 7.97. The van der Waals surface area contributed by atoms with Crippen molar-refractivity contribution < 1.29 is 14.3 Å². The highest BCUT2D eigenvalue weighted by Gasteiger charge is 2.17. The number of carbonyl (C=O) groups excluding carboxylic acids is 2. The van der Waals surface area contributed by atoms with E-state index in [1.165, 1.54) is 23.3 Å². The summed E-state index contributed by atoms with van der Waals surface area (Å²) in [5.41, 5.74) is 2.86. The molecule has 2 aromatic heterocycles. The van der Waals surface area contributed by atoms with Crippen molar-refractivity contribution in [2.45, 2.75) is 0 Å². The van der Waals surface area contributed by atoms with Gasteiger partial charge in [-0.15, -0.1) is 11.3 Å². The van der Waals surface area contributed by atoms with Gasteiger partial charge < -0.3 is 15.0 Å². The van der Waals surface area contributed by atoms with E-state index in [1.807, 2.05) is 36.5 Å². The van der Waals surface area contributed by atoms with Gasteiger partial charge >= 0.3 is 0 Å². The molecule has 0 bridgehead atoms. The summed E-state index contributed by atoms with van der Waals surface area (Å²) in [5, 5.41) is 9.54. The molecule has 4 aromatic rings. The van der Waals surface area contributed by atoms with E-state index in [1.54, 1.807) is 48.6 Å². The van der Waals surface area contributed by atoms with Gasteiger partial charge in [-0.05, 0) is 30.3 Å². The number of para-hydroxylation sites is 1. The Morgan fingerprint density at radius 2 is 1.91 bits per heavy atom. The molecule has 0 spiro atoms. The summed E-state index contributed by atoms with van der Waals surface area (Å²) in [4.78, 5) is 31.0. The molecule has 4 rings (SSSR count). The van der Waals surface area contributed by atoms with E-state index in [-0.39, 0.29) is 11.6 Å². The number of carbonyl (C=O) groups is 2. The molecule has 9 heteroatoms. The van der Waals surface area contributed by atoms with Gasteiger partial charge in [-0.1, -0.05) is 18.2 Å². The minimum absolute atomic E-state index is 0.172. The predicted octanol–water partition coefficient (Wildman–Crippen LogP) is 3.96. The predicted molar refractivity (Wildman–Crippen MR) is 124 cm³/mol. The lowest BCUT2D eigenvalue weighted by atomic mass is 10.1. The highest BCUT2D eigenvalue weighted by molar-refractivity contribution is 7.13. The number of ether oxygens (including phenoxy) is 1. The van der Waals surface area contributed by atoms with Crippen LogP contribution in [0, 0.1) is 0 Å². The first-order chi connectivity index (χ1) is 15.5. The third kappa shape index (κ3) is 4.37. The fourth-order valence-electron chi connectivity index (χ4n) is 3.05. The van der Waals surface area contributed by atoms with Crippen LogP contribution in [-0.2, 0) is 0 Å². The molecule has 0 atom stereocenters. The summed E-state index contributed by atoms with van der Waals surface area (Å²) in [5.74, 6) is -0.113. The number of benzene rings is 2. The van der Waals surface area contributed by atoms with Crippen LogP contribution >= 0.6 is 11.3 Å². The van der Waals surface area contributed by atoms with E-state index >= 15 is 0 Å². The number of nitrogens with one attached hydrogen (secondary N) is 1. The maximum atomic E-state index is 12.8. The van der Waals surface area contributed by atoms with Crippen LogP contribution in [0.1, 0.15) is 20.8 Å². The second-order valence-electron chi connectivity index (χ2n) is 7.12. The van der Waals surface area contributed by atoms with Crippen LogP contribution in [0.5, 0.6) is 5.75 Å². The van der Waals surface area contributed by atoms with Gasteiger partial charge in [0, 0.05) is 36.8 Å². The molecule has 2 amide bonds. The molecule has 0 saturated carbocycles. The van der Waals surface area contributed by atoms with Crippen LogP contribution < -0.4 is 10.1 Å². The maximum absolute atomic E-state index is 12.8. The van der Waals surface area contributed by atoms with E-state index in [9.17, 15) is 9.59 Å². The van der Waals surface area contributed by atoms with Crippen molar-refractivity contribution in [1.82, 2.24) is 19.7 Å². The van der Waals surface area contributed by atoms with Gasteiger partial charge in [0.2, 0.25) is 0 Å². The number of rotatable bonds is 6. The Balaban J connectivity index is 1.54. The van der Waals surface area contributed by atoms with Crippen LogP contribution in [0.3, 0.4) is 0 Å². The highest BCUT2D eigenvalue weighted by Crippen LogP contribution is 2.28. The molecule has 162 valence electrons. The van der Waals surface area contributed by atoms with Crippen molar-refractivity contribution in [2.24, 2.45) is 0 Å². The Bertz CT molecular complexity index is 1260. The molecule has 0 radical (unpaired) electrons. The van der Waals surface area contributed by atoms with Crippen molar-refractivity contribution in [2.75, 3.05) is 26.5 Å². The zero-order valence-corrected chi connectivity index (χ0v) is 18.6. The van der Waals surface area contributed by atoms with Gasteiger partial charge in [-0.25, -0.2) is 9.67 Å². The lowest BCUT2D eigenvalue weighted by molar-refractivity contribution is 0.0827. The molecule has 32 heavy (non-hydrogen) atoms. The van der Waals surface area contributed by atoms with E-state index in [4.69, 9.17) is 4.74 Å². The summed E-state index contributed by atoms with van der Waals surface area (Å²) in [6.45, 7) is 0. The standard InChI is InChI=1S/C23H21N5O3S/c1-27(2)23(30)15-9-10-20(31-3)18(11-15)25-21(29)19-14-32-22(26-19)16-12-24-28(13-16)17-7-5-4-6-8-17/h4-14H,1-3H3,(H,25,29). The quantitative estimate of drug-likeness (QED) is 0.483. The van der Waals surface area contributed by atoms with E-state index < -0.39 is 5.91 Å². The number of aromatic nitrogens is 3. The van der Waals surface area contributed by atoms with Crippen LogP contribution in [0.4, 0.5) is 5.69 Å². The molecule has 2 heterocycles. The second kappa shape index (κ2) is 9.03. The Kier molecular flexibility index (Phi) is 6.00. The van der Waals surface area contributed by atoms with Gasteiger partial charge in [0.25, 0.3) is 11.8 Å². The number of hydrogen-bond donors (Lipinski definition) is 1. The first-order valence-corrected chi connectivity index (χ1v) is 10.6. The summed E-state index contributed by atoms with van der Waals surface area (Å²) in [6.07, 6.45) is 3.59. The lowest BCUT2D eigenvalue weighted by Crippen LogP contribution is -2.22. The smallest absolute Gasteiger partial charge is 0.275 e. The molecule has 0 fully saturated rings. The number of anilines is 1. The van der Waals surface area contributed by atoms with Crippen LogP contribution in [0.15, 0.2) is 66.3 Å². The zero-order chi connectivity index (χ0) is 22.7. The third-order valence-electron chi connectivity index (χ3n) is 4.69. The summed E-state index contributed by atoms with van der Waals surface area (Å²) < 4.78 is 7.09. The summed E-state index contributed by atoms with van der Waals surface area (Å²) in [6, 6.07) is 14.6. The molecule has 8 nitrogen and oxygen atoms in total. The summed E-state index contributed by atoms with van der Waals surface area (Å²) >= 11 is 1.35. The van der Waals surface area contributed by atoms with Crippen molar-refractivity contribution in [3.63, 3.8) is 0 Å². The monoisotopic (exact) mass is 447 g/mol. The molecule has 0 aliphatic carbocycles. The highest BCUT2D eigenvalue weighted by atomic mass is 32.1. The minimum Gasteiger partial charge on any atom is -0.495 e. The van der Waals surface area contributed by atoms with Gasteiger partial charge in [0.1, 0.15) is 16.5 Å². The van der Waals surface area contributed by atoms with Gasteiger partial charge in [-0.2, -0.15) is 5.10 Å². The largest absolute Gasteiger partial charge is 0.495 e. The summed E-state index contributed by atoms with van der Waals surface area (Å²) in [7, 11) is 4.84. The van der Waals surface area contributed by atoms with Crippen molar-refractivity contribution in [1.29, 1.82) is 0 Å². The molecule has 0 aliphatic rings. The number of thiazole rings is 1. The van der Waals surface area contributed by atoms with E-state index in [0.717, 1.165) is 11.3 Å². The first-order valence-electron chi connectivity index (χ1n) is 9.73. The number of methoxy groups -OCH3 is 1. The van der Waals surface area contributed by atoms with E-state index in [0.29, 0.717) is 22.0 Å². The SMILES string of the molecule is COc1ccc(C(=O)N(C)C)cc1NC(=O)c1csc(-c2cnn(-c3ccccc3)c2)n1. The molecule has 0 aliphatic heterocycles. The average molecular weight is 448 g/mol. The fraction of sp³-hybridized carbons (Fsp3) is 0.130. The van der Waals surface area contributed by atoms with Crippen molar-refractivity contribution in [3.8, 4) is 22.0 Å². The Labute approximate surface area is 189 Å². The molecular formula is C23H21N5O3S. The molecule has 0 unspecified atom stereocenters. The van der Waals surface area contributed by atoms with E-state index in [2.05, 4.69) is 15.4 Å². The van der Waals surface area contributed by atoms with Crippen molar-refractivity contribution >= 4 is 28.8 Å². The minimum atomic E-state index is -0.393. The Morgan fingerprint density at radius 1 is 1.12 bits per heavy atom. The lowest BCUT2D eigenvalue weighted by Gasteiger charge is -2.14. The normalized spacial score (nSPS) is 10.6. The zero-order valence-electron chi connectivity index (χ0n) is 17.8. The maximum Gasteiger partial charge on any atom is 0.275 e. The number of hydrogen-bond acceptors (Lipinski definition) is 6. The Hall–Kier alpha value is -3.98. The number of nitrogens with zero attached hydrogens (tertiary/aromatic N) is 4. The Morgan fingerprint density at radius 3 is 2.62 bits per heavy atom. The first kappa shape index (κ1) is 21.3. The molecule has 0 saturated heterocycles. The van der Waals surface area contributed by atoms with Gasteiger partial charge in [0.15, 0.2) is 0 Å². The molecular weight excluding hydrogens is 426 g/mol. The van der Waals surface area contributed by atoms with Crippen LogP contribution in [0.25, 0.3) is 16.3 Å². The average Bonchev–Trinajstić information content (AvgIpc) is 3.49. The van der Waals surface area contributed by atoms with Crippen LogP contribution in [0.2, 0.25) is 0 Å². The topological polar surface area (TPSA) is 89.4 Å². The molecule has 1 N–H and O–H groups in total. The van der Waals surface area contributed by atoms with Crippen LogP contribution in [-0.4, -0.2) is 52.7 Å². The number of amides is 2. The van der Waals surface area contributed by atoms with Gasteiger partial charge in [-0.3, -0.25) is 9.59 Å². The molecule has 2 aromatic carbocycles. The van der Waals surface area contributed by atoms with Gasteiger partial charge in [0.05, 0.1) is 24.7 Å².